The summed E-state index contributed by atoms with van der Waals surface area (Å²) in [7, 11) is 1.74. The van der Waals surface area contributed by atoms with Crippen LogP contribution in [0, 0.1) is 0 Å². The molecule has 2 N–H and O–H groups in total. The van der Waals surface area contributed by atoms with Gasteiger partial charge in [0.1, 0.15) is 0 Å². The molecular weight excluding hydrogens is 200 g/mol. The largest absolute Gasteiger partial charge is 0.399 e. The van der Waals surface area contributed by atoms with Crippen molar-refractivity contribution in [3.63, 3.8) is 0 Å². The Labute approximate surface area is 98.2 Å². The van der Waals surface area contributed by atoms with Crippen molar-refractivity contribution in [1.29, 1.82) is 0 Å². The highest BCUT2D eigenvalue weighted by Gasteiger charge is 2.13. The van der Waals surface area contributed by atoms with Gasteiger partial charge < -0.3 is 15.4 Å². The van der Waals surface area contributed by atoms with E-state index in [1.54, 1.807) is 7.11 Å². The first-order valence-electron chi connectivity index (χ1n) is 5.80. The highest BCUT2D eigenvalue weighted by molar-refractivity contribution is 5.56. The zero-order valence-corrected chi connectivity index (χ0v) is 10.4. The lowest BCUT2D eigenvalue weighted by Gasteiger charge is -2.30. The Hall–Kier alpha value is -1.22. The first kappa shape index (κ1) is 12.8. The molecule has 16 heavy (non-hydrogen) atoms. The molecule has 0 heterocycles. The zero-order chi connectivity index (χ0) is 12.0. The van der Waals surface area contributed by atoms with Crippen molar-refractivity contribution in [2.45, 2.75) is 26.3 Å². The summed E-state index contributed by atoms with van der Waals surface area (Å²) in [6.45, 7) is 6.10. The number of anilines is 2. The normalized spacial score (nSPS) is 12.4. The summed E-state index contributed by atoms with van der Waals surface area (Å²) in [5.41, 5.74) is 7.79. The molecular formula is C13H22N2O. The van der Waals surface area contributed by atoms with Gasteiger partial charge in [0.15, 0.2) is 0 Å². The van der Waals surface area contributed by atoms with Gasteiger partial charge in [-0.3, -0.25) is 0 Å². The maximum absolute atomic E-state index is 5.81. The molecule has 1 atom stereocenters. The number of hydrogen-bond donors (Lipinski definition) is 1. The summed E-state index contributed by atoms with van der Waals surface area (Å²) >= 11 is 0. The van der Waals surface area contributed by atoms with E-state index < -0.39 is 0 Å². The van der Waals surface area contributed by atoms with Gasteiger partial charge in [0, 0.05) is 31.1 Å². The van der Waals surface area contributed by atoms with Gasteiger partial charge in [-0.25, -0.2) is 0 Å². The minimum absolute atomic E-state index is 0.367. The number of ether oxygens (including phenoxy) is 1. The van der Waals surface area contributed by atoms with Crippen LogP contribution < -0.4 is 10.6 Å². The molecule has 1 aromatic rings. The van der Waals surface area contributed by atoms with Crippen LogP contribution in [0.5, 0.6) is 0 Å². The number of nitrogens with two attached hydrogens (primary N) is 1. The van der Waals surface area contributed by atoms with E-state index in [-0.39, 0.29) is 0 Å². The summed E-state index contributed by atoms with van der Waals surface area (Å²) in [5, 5.41) is 0. The van der Waals surface area contributed by atoms with Crippen LogP contribution in [0.3, 0.4) is 0 Å². The van der Waals surface area contributed by atoms with Crippen LogP contribution in [-0.2, 0) is 4.74 Å². The second kappa shape index (κ2) is 6.38. The summed E-state index contributed by atoms with van der Waals surface area (Å²) in [4.78, 5) is 2.33. The highest BCUT2D eigenvalue weighted by Crippen LogP contribution is 2.20. The first-order valence-corrected chi connectivity index (χ1v) is 5.80. The Morgan fingerprint density at radius 1 is 1.44 bits per heavy atom. The number of methoxy groups -OCH3 is 1. The van der Waals surface area contributed by atoms with E-state index in [4.69, 9.17) is 10.5 Å². The Morgan fingerprint density at radius 2 is 2.19 bits per heavy atom. The van der Waals surface area contributed by atoms with Crippen LogP contribution >= 0.6 is 0 Å². The molecule has 3 heteroatoms. The van der Waals surface area contributed by atoms with E-state index in [1.807, 2.05) is 18.2 Å². The van der Waals surface area contributed by atoms with Gasteiger partial charge in [0.2, 0.25) is 0 Å². The fourth-order valence-electron chi connectivity index (χ4n) is 1.88. The van der Waals surface area contributed by atoms with Crippen LogP contribution in [0.1, 0.15) is 20.3 Å². The minimum atomic E-state index is 0.367. The average molecular weight is 222 g/mol. The maximum atomic E-state index is 5.81. The standard InChI is InChI=1S/C13H22N2O/c1-4-8-15(11(2)10-16-3)13-7-5-6-12(14)9-13/h5-7,9,11H,4,8,10,14H2,1-3H3. The van der Waals surface area contributed by atoms with Crippen LogP contribution in [-0.4, -0.2) is 26.3 Å². The molecule has 0 bridgehead atoms. The van der Waals surface area contributed by atoms with Gasteiger partial charge in [-0.05, 0) is 31.5 Å². The smallest absolute Gasteiger partial charge is 0.0663 e. The van der Waals surface area contributed by atoms with Gasteiger partial charge in [0.25, 0.3) is 0 Å². The van der Waals surface area contributed by atoms with Gasteiger partial charge in [-0.1, -0.05) is 13.0 Å². The summed E-state index contributed by atoms with van der Waals surface area (Å²) in [5.74, 6) is 0. The molecule has 0 saturated heterocycles. The predicted molar refractivity (Wildman–Crippen MR) is 69.8 cm³/mol. The summed E-state index contributed by atoms with van der Waals surface area (Å²) in [6.07, 6.45) is 1.11. The third-order valence-corrected chi connectivity index (χ3v) is 2.61. The fourth-order valence-corrected chi connectivity index (χ4v) is 1.88. The molecule has 0 aliphatic heterocycles. The molecule has 0 aliphatic rings. The Bertz CT molecular complexity index is 315. The van der Waals surface area contributed by atoms with Gasteiger partial charge in [-0.2, -0.15) is 0 Å². The van der Waals surface area contributed by atoms with Crippen molar-refractivity contribution in [2.75, 3.05) is 30.9 Å². The number of hydrogen-bond acceptors (Lipinski definition) is 3. The topological polar surface area (TPSA) is 38.5 Å². The number of nitrogens with zero attached hydrogens (tertiary/aromatic N) is 1. The minimum Gasteiger partial charge on any atom is -0.399 e. The Morgan fingerprint density at radius 3 is 2.75 bits per heavy atom. The zero-order valence-electron chi connectivity index (χ0n) is 10.4. The van der Waals surface area contributed by atoms with Crippen LogP contribution in [0.4, 0.5) is 11.4 Å². The Balaban J connectivity index is 2.83. The van der Waals surface area contributed by atoms with E-state index in [9.17, 15) is 0 Å². The van der Waals surface area contributed by atoms with E-state index >= 15 is 0 Å². The van der Waals surface area contributed by atoms with Crippen molar-refractivity contribution < 1.29 is 4.74 Å². The Kier molecular flexibility index (Phi) is 5.12. The lowest BCUT2D eigenvalue weighted by molar-refractivity contribution is 0.181. The monoisotopic (exact) mass is 222 g/mol. The summed E-state index contributed by atoms with van der Waals surface area (Å²) in [6, 6.07) is 8.38. The fraction of sp³-hybridized carbons (Fsp3) is 0.538. The van der Waals surface area contributed by atoms with E-state index in [1.165, 1.54) is 5.69 Å². The third-order valence-electron chi connectivity index (χ3n) is 2.61. The van der Waals surface area contributed by atoms with Crippen molar-refractivity contribution in [3.8, 4) is 0 Å². The third kappa shape index (κ3) is 3.42. The molecule has 0 aromatic heterocycles. The molecule has 0 saturated carbocycles. The van der Waals surface area contributed by atoms with Gasteiger partial charge in [-0.15, -0.1) is 0 Å². The lowest BCUT2D eigenvalue weighted by Crippen LogP contribution is -2.36. The molecule has 90 valence electrons. The van der Waals surface area contributed by atoms with Crippen molar-refractivity contribution >= 4 is 11.4 Å². The van der Waals surface area contributed by atoms with Crippen molar-refractivity contribution in [1.82, 2.24) is 0 Å². The van der Waals surface area contributed by atoms with Crippen LogP contribution in [0.15, 0.2) is 24.3 Å². The van der Waals surface area contributed by atoms with Crippen molar-refractivity contribution in [3.05, 3.63) is 24.3 Å². The molecule has 0 fully saturated rings. The molecule has 0 radical (unpaired) electrons. The van der Waals surface area contributed by atoms with E-state index in [0.29, 0.717) is 6.04 Å². The molecule has 3 nitrogen and oxygen atoms in total. The molecule has 0 amide bonds. The second-order valence-corrected chi connectivity index (χ2v) is 4.09. The molecule has 1 rings (SSSR count). The SMILES string of the molecule is CCCN(c1cccc(N)c1)C(C)COC. The second-order valence-electron chi connectivity index (χ2n) is 4.09. The van der Waals surface area contributed by atoms with Crippen LogP contribution in [0.2, 0.25) is 0 Å². The number of rotatable bonds is 6. The predicted octanol–water partition coefficient (Wildman–Crippen LogP) is 2.52. The van der Waals surface area contributed by atoms with Gasteiger partial charge in [0.05, 0.1) is 6.61 Å². The number of nitrogen functional groups attached to an aromatic ring is 1. The maximum Gasteiger partial charge on any atom is 0.0663 e. The molecule has 0 aliphatic carbocycles. The van der Waals surface area contributed by atoms with E-state index in [2.05, 4.69) is 24.8 Å². The van der Waals surface area contributed by atoms with Crippen LogP contribution in [0.25, 0.3) is 0 Å². The highest BCUT2D eigenvalue weighted by atomic mass is 16.5. The van der Waals surface area contributed by atoms with Gasteiger partial charge >= 0.3 is 0 Å². The van der Waals surface area contributed by atoms with E-state index in [0.717, 1.165) is 25.3 Å². The molecule has 1 unspecified atom stereocenters. The molecule has 1 aromatic carbocycles. The lowest BCUT2D eigenvalue weighted by atomic mass is 10.2. The quantitative estimate of drug-likeness (QED) is 0.752. The number of benzene rings is 1. The first-order chi connectivity index (χ1) is 7.69. The van der Waals surface area contributed by atoms with Crippen molar-refractivity contribution in [2.24, 2.45) is 0 Å². The molecule has 0 spiro atoms. The summed E-state index contributed by atoms with van der Waals surface area (Å²) < 4.78 is 5.21. The average Bonchev–Trinajstić information content (AvgIpc) is 2.26.